The molecule has 1 aliphatic rings. The lowest BCUT2D eigenvalue weighted by Crippen LogP contribution is -2.46. The third-order valence-corrected chi connectivity index (χ3v) is 5.35. The van der Waals surface area contributed by atoms with Gasteiger partial charge in [-0.15, -0.1) is 0 Å². The highest BCUT2D eigenvalue weighted by molar-refractivity contribution is 7.87. The fraction of sp³-hybridized carbons (Fsp3) is 0.353. The van der Waals surface area contributed by atoms with Gasteiger partial charge >= 0.3 is 0 Å². The van der Waals surface area contributed by atoms with Gasteiger partial charge in [0.15, 0.2) is 0 Å². The average Bonchev–Trinajstić information content (AvgIpc) is 2.67. The summed E-state index contributed by atoms with van der Waals surface area (Å²) in [5.74, 6) is 0.465. The first-order chi connectivity index (χ1) is 12.1. The molecule has 0 spiro atoms. The van der Waals surface area contributed by atoms with Crippen LogP contribution in [0.3, 0.4) is 0 Å². The number of nitrogens with one attached hydrogen (secondary N) is 1. The second-order valence-corrected chi connectivity index (χ2v) is 7.37. The molecule has 1 aromatic heterocycles. The van der Waals surface area contributed by atoms with Crippen molar-refractivity contribution >= 4 is 10.2 Å². The van der Waals surface area contributed by atoms with Gasteiger partial charge in [0.1, 0.15) is 6.61 Å². The molecule has 0 unspecified atom stereocenters. The highest BCUT2D eigenvalue weighted by Gasteiger charge is 2.23. The first-order valence-corrected chi connectivity index (χ1v) is 9.52. The summed E-state index contributed by atoms with van der Waals surface area (Å²) in [7, 11) is -3.51. The molecular weight excluding hydrogens is 342 g/mol. The van der Waals surface area contributed by atoms with Gasteiger partial charge in [0.05, 0.1) is 13.2 Å². The van der Waals surface area contributed by atoms with Crippen molar-refractivity contribution in [1.29, 1.82) is 0 Å². The van der Waals surface area contributed by atoms with Crippen LogP contribution in [-0.4, -0.2) is 44.0 Å². The molecule has 2 heterocycles. The monoisotopic (exact) mass is 363 g/mol. The molecule has 0 amide bonds. The van der Waals surface area contributed by atoms with Gasteiger partial charge in [-0.1, -0.05) is 30.3 Å². The van der Waals surface area contributed by atoms with E-state index in [9.17, 15) is 8.42 Å². The van der Waals surface area contributed by atoms with Crippen LogP contribution in [0.2, 0.25) is 0 Å². The number of pyridine rings is 1. The summed E-state index contributed by atoms with van der Waals surface area (Å²) in [5, 5.41) is 0. The smallest absolute Gasteiger partial charge is 0.279 e. The molecule has 2 aromatic rings. The molecule has 134 valence electrons. The van der Waals surface area contributed by atoms with Crippen LogP contribution in [0.1, 0.15) is 11.1 Å². The zero-order valence-corrected chi connectivity index (χ0v) is 14.6. The summed E-state index contributed by atoms with van der Waals surface area (Å²) in [5.41, 5.74) is 1.83. The fourth-order valence-corrected chi connectivity index (χ4v) is 3.59. The van der Waals surface area contributed by atoms with Crippen molar-refractivity contribution in [3.8, 4) is 5.88 Å². The summed E-state index contributed by atoms with van der Waals surface area (Å²) in [6, 6.07) is 13.3. The number of morpholine rings is 1. The number of nitrogens with zero attached hydrogens (tertiary/aromatic N) is 2. The second-order valence-electron chi connectivity index (χ2n) is 5.61. The van der Waals surface area contributed by atoms with Gasteiger partial charge in [-0.2, -0.15) is 17.4 Å². The number of aromatic nitrogens is 1. The maximum absolute atomic E-state index is 12.3. The Morgan fingerprint density at radius 3 is 2.64 bits per heavy atom. The molecule has 0 radical (unpaired) electrons. The van der Waals surface area contributed by atoms with E-state index < -0.39 is 10.2 Å². The van der Waals surface area contributed by atoms with Gasteiger partial charge in [-0.3, -0.25) is 0 Å². The van der Waals surface area contributed by atoms with Gasteiger partial charge in [0, 0.05) is 31.9 Å². The minimum Gasteiger partial charge on any atom is -0.473 e. The second kappa shape index (κ2) is 8.39. The molecular formula is C17H21N3O4S. The molecule has 25 heavy (non-hydrogen) atoms. The molecule has 0 atom stereocenters. The Balaban J connectivity index is 1.56. The number of hydrogen-bond donors (Lipinski definition) is 1. The normalized spacial score (nSPS) is 15.8. The number of ether oxygens (including phenoxy) is 2. The zero-order valence-electron chi connectivity index (χ0n) is 13.8. The number of benzene rings is 1. The molecule has 1 aromatic carbocycles. The van der Waals surface area contributed by atoms with Crippen LogP contribution in [0, 0.1) is 0 Å². The Bertz CT molecular complexity index is 777. The summed E-state index contributed by atoms with van der Waals surface area (Å²) >= 11 is 0. The zero-order chi connectivity index (χ0) is 17.5. The maximum Gasteiger partial charge on any atom is 0.279 e. The van der Waals surface area contributed by atoms with Gasteiger partial charge < -0.3 is 9.47 Å². The Hall–Kier alpha value is -2.00. The molecule has 0 bridgehead atoms. The Labute approximate surface area is 147 Å². The van der Waals surface area contributed by atoms with E-state index in [2.05, 4.69) is 9.71 Å². The Kier molecular flexibility index (Phi) is 5.98. The highest BCUT2D eigenvalue weighted by atomic mass is 32.2. The van der Waals surface area contributed by atoms with Crippen LogP contribution < -0.4 is 9.46 Å². The third-order valence-electron chi connectivity index (χ3n) is 3.80. The molecule has 3 rings (SSSR count). The fourth-order valence-electron chi connectivity index (χ4n) is 2.42. The van der Waals surface area contributed by atoms with Crippen molar-refractivity contribution in [2.75, 3.05) is 26.3 Å². The van der Waals surface area contributed by atoms with Crippen LogP contribution in [0.5, 0.6) is 5.88 Å². The third kappa shape index (κ3) is 5.23. The maximum atomic E-state index is 12.3. The van der Waals surface area contributed by atoms with E-state index in [4.69, 9.17) is 9.47 Å². The first kappa shape index (κ1) is 17.8. The Morgan fingerprint density at radius 2 is 1.88 bits per heavy atom. The van der Waals surface area contributed by atoms with Gasteiger partial charge in [-0.05, 0) is 17.2 Å². The largest absolute Gasteiger partial charge is 0.473 e. The highest BCUT2D eigenvalue weighted by Crippen LogP contribution is 2.12. The number of rotatable bonds is 7. The summed E-state index contributed by atoms with van der Waals surface area (Å²) in [6.45, 7) is 2.19. The van der Waals surface area contributed by atoms with Gasteiger partial charge in [0.25, 0.3) is 10.2 Å². The average molecular weight is 363 g/mol. The number of hydrogen-bond acceptors (Lipinski definition) is 5. The predicted octanol–water partition coefficient (Wildman–Crippen LogP) is 1.33. The quantitative estimate of drug-likeness (QED) is 0.803. The SMILES string of the molecule is O=S(=O)(NCc1ccnc(OCc2ccccc2)c1)N1CCOCC1. The van der Waals surface area contributed by atoms with Crippen molar-refractivity contribution in [2.45, 2.75) is 13.2 Å². The molecule has 1 saturated heterocycles. The van der Waals surface area contributed by atoms with Crippen LogP contribution in [0.4, 0.5) is 0 Å². The summed E-state index contributed by atoms with van der Waals surface area (Å²) in [6.07, 6.45) is 1.61. The van der Waals surface area contributed by atoms with Gasteiger partial charge in [-0.25, -0.2) is 4.98 Å². The van der Waals surface area contributed by atoms with E-state index in [-0.39, 0.29) is 6.54 Å². The van der Waals surface area contributed by atoms with E-state index >= 15 is 0 Å². The molecule has 0 saturated carbocycles. The minimum atomic E-state index is -3.51. The Morgan fingerprint density at radius 1 is 1.12 bits per heavy atom. The van der Waals surface area contributed by atoms with Crippen molar-refractivity contribution in [3.63, 3.8) is 0 Å². The molecule has 0 aliphatic carbocycles. The van der Waals surface area contributed by atoms with E-state index in [0.29, 0.717) is 38.8 Å². The van der Waals surface area contributed by atoms with Crippen LogP contribution in [-0.2, 0) is 28.1 Å². The van der Waals surface area contributed by atoms with Crippen molar-refractivity contribution in [3.05, 3.63) is 59.8 Å². The molecule has 8 heteroatoms. The topological polar surface area (TPSA) is 80.8 Å². The molecule has 1 aliphatic heterocycles. The van der Waals surface area contributed by atoms with E-state index in [0.717, 1.165) is 11.1 Å². The molecule has 1 fully saturated rings. The van der Waals surface area contributed by atoms with Crippen molar-refractivity contribution in [1.82, 2.24) is 14.0 Å². The standard InChI is InChI=1S/C17H21N3O4S/c21-25(22,20-8-10-23-11-9-20)19-13-16-6-7-18-17(12-16)24-14-15-4-2-1-3-5-15/h1-7,12,19H,8-11,13-14H2. The lowest BCUT2D eigenvalue weighted by Gasteiger charge is -2.26. The van der Waals surface area contributed by atoms with Crippen molar-refractivity contribution < 1.29 is 17.9 Å². The lowest BCUT2D eigenvalue weighted by atomic mass is 10.2. The van der Waals surface area contributed by atoms with E-state index in [1.807, 2.05) is 30.3 Å². The van der Waals surface area contributed by atoms with Crippen molar-refractivity contribution in [2.24, 2.45) is 0 Å². The van der Waals surface area contributed by atoms with Crippen LogP contribution in [0.25, 0.3) is 0 Å². The summed E-state index contributed by atoms with van der Waals surface area (Å²) < 4.78 is 39.4. The molecule has 1 N–H and O–H groups in total. The molecule has 7 nitrogen and oxygen atoms in total. The first-order valence-electron chi connectivity index (χ1n) is 8.08. The minimum absolute atomic E-state index is 0.184. The van der Waals surface area contributed by atoms with Crippen LogP contribution in [0.15, 0.2) is 48.7 Å². The van der Waals surface area contributed by atoms with Gasteiger partial charge in [0.2, 0.25) is 5.88 Å². The van der Waals surface area contributed by atoms with Crippen LogP contribution >= 0.6 is 0 Å². The summed E-state index contributed by atoms with van der Waals surface area (Å²) in [4.78, 5) is 4.16. The van der Waals surface area contributed by atoms with E-state index in [1.54, 1.807) is 18.3 Å². The predicted molar refractivity (Wildman–Crippen MR) is 93.2 cm³/mol. The lowest BCUT2D eigenvalue weighted by molar-refractivity contribution is 0.0725. The van der Waals surface area contributed by atoms with E-state index in [1.165, 1.54) is 4.31 Å².